The second-order valence-electron chi connectivity index (χ2n) is 6.72. The minimum absolute atomic E-state index is 0.0644. The van der Waals surface area contributed by atoms with Crippen LogP contribution in [0, 0.1) is 0 Å². The Morgan fingerprint density at radius 3 is 2.26 bits per heavy atom. The van der Waals surface area contributed by atoms with Gasteiger partial charge in [0, 0.05) is 18.0 Å². The van der Waals surface area contributed by atoms with E-state index in [4.69, 9.17) is 21.1 Å². The van der Waals surface area contributed by atoms with Crippen molar-refractivity contribution in [1.82, 2.24) is 10.3 Å². The van der Waals surface area contributed by atoms with Crippen LogP contribution in [-0.4, -0.2) is 23.9 Å². The van der Waals surface area contributed by atoms with Crippen molar-refractivity contribution in [2.75, 3.05) is 12.4 Å². The van der Waals surface area contributed by atoms with E-state index >= 15 is 0 Å². The standard InChI is InChI=1S/C23H22ClN3O4/c1-15(28)26-21(16-3-8-19(30-2)9-4-16)13-22(29)27-18-7-12-23(25-14-18)31-20-10-5-17(24)6-11-20/h3-12,14,21H,13H2,1-2H3,(H,26,28)(H,27,29). The number of aromatic nitrogens is 1. The smallest absolute Gasteiger partial charge is 0.226 e. The number of hydrogen-bond donors (Lipinski definition) is 2. The van der Waals surface area contributed by atoms with E-state index in [-0.39, 0.29) is 18.2 Å². The Balaban J connectivity index is 1.61. The molecule has 8 heteroatoms. The summed E-state index contributed by atoms with van der Waals surface area (Å²) in [7, 11) is 1.58. The number of ether oxygens (including phenoxy) is 2. The Morgan fingerprint density at radius 1 is 1.00 bits per heavy atom. The summed E-state index contributed by atoms with van der Waals surface area (Å²) in [6, 6.07) is 17.0. The molecule has 3 rings (SSSR count). The molecule has 7 nitrogen and oxygen atoms in total. The van der Waals surface area contributed by atoms with Crippen molar-refractivity contribution < 1.29 is 19.1 Å². The maximum Gasteiger partial charge on any atom is 0.226 e. The third kappa shape index (κ3) is 6.72. The maximum atomic E-state index is 12.6. The second kappa shape index (κ2) is 10.4. The number of nitrogens with one attached hydrogen (secondary N) is 2. The first-order valence-electron chi connectivity index (χ1n) is 9.53. The van der Waals surface area contributed by atoms with Crippen LogP contribution in [0.4, 0.5) is 5.69 Å². The summed E-state index contributed by atoms with van der Waals surface area (Å²) in [6.07, 6.45) is 1.57. The maximum absolute atomic E-state index is 12.6. The van der Waals surface area contributed by atoms with E-state index in [1.807, 2.05) is 12.1 Å². The zero-order chi connectivity index (χ0) is 22.2. The van der Waals surface area contributed by atoms with Gasteiger partial charge in [0.25, 0.3) is 0 Å². The summed E-state index contributed by atoms with van der Waals surface area (Å²) < 4.78 is 10.8. The van der Waals surface area contributed by atoms with E-state index in [9.17, 15) is 9.59 Å². The predicted octanol–water partition coefficient (Wildman–Crippen LogP) is 4.74. The molecule has 0 aliphatic carbocycles. The average Bonchev–Trinajstić information content (AvgIpc) is 2.76. The van der Waals surface area contributed by atoms with Gasteiger partial charge in [-0.05, 0) is 48.0 Å². The van der Waals surface area contributed by atoms with Crippen molar-refractivity contribution >= 4 is 29.1 Å². The monoisotopic (exact) mass is 439 g/mol. The highest BCUT2D eigenvalue weighted by Gasteiger charge is 2.17. The predicted molar refractivity (Wildman–Crippen MR) is 119 cm³/mol. The molecule has 0 radical (unpaired) electrons. The lowest BCUT2D eigenvalue weighted by Gasteiger charge is -2.18. The first-order valence-corrected chi connectivity index (χ1v) is 9.91. The third-order valence-corrected chi connectivity index (χ3v) is 4.59. The van der Waals surface area contributed by atoms with Gasteiger partial charge in [-0.1, -0.05) is 23.7 Å². The zero-order valence-electron chi connectivity index (χ0n) is 17.1. The molecule has 0 aliphatic rings. The van der Waals surface area contributed by atoms with Crippen molar-refractivity contribution in [2.24, 2.45) is 0 Å². The number of amides is 2. The molecule has 2 N–H and O–H groups in total. The number of benzene rings is 2. The van der Waals surface area contributed by atoms with Crippen molar-refractivity contribution in [3.05, 3.63) is 77.4 Å². The summed E-state index contributed by atoms with van der Waals surface area (Å²) in [6.45, 7) is 1.41. The zero-order valence-corrected chi connectivity index (χ0v) is 17.8. The lowest BCUT2D eigenvalue weighted by molar-refractivity contribution is -0.120. The van der Waals surface area contributed by atoms with Gasteiger partial charge in [0.2, 0.25) is 17.7 Å². The summed E-state index contributed by atoms with van der Waals surface area (Å²) in [5, 5.41) is 6.21. The Hall–Kier alpha value is -3.58. The van der Waals surface area contributed by atoms with Gasteiger partial charge in [0.15, 0.2) is 0 Å². The molecule has 31 heavy (non-hydrogen) atoms. The van der Waals surface area contributed by atoms with E-state index in [0.29, 0.717) is 28.1 Å². The highest BCUT2D eigenvalue weighted by atomic mass is 35.5. The van der Waals surface area contributed by atoms with Crippen LogP contribution in [0.15, 0.2) is 66.9 Å². The van der Waals surface area contributed by atoms with Gasteiger partial charge in [-0.3, -0.25) is 9.59 Å². The van der Waals surface area contributed by atoms with Gasteiger partial charge < -0.3 is 20.1 Å². The van der Waals surface area contributed by atoms with Crippen LogP contribution in [0.25, 0.3) is 0 Å². The Labute approximate surface area is 185 Å². The topological polar surface area (TPSA) is 89.6 Å². The normalized spacial score (nSPS) is 11.3. The van der Waals surface area contributed by atoms with E-state index in [0.717, 1.165) is 5.56 Å². The van der Waals surface area contributed by atoms with Gasteiger partial charge >= 0.3 is 0 Å². The average molecular weight is 440 g/mol. The van der Waals surface area contributed by atoms with Crippen molar-refractivity contribution in [1.29, 1.82) is 0 Å². The van der Waals surface area contributed by atoms with E-state index in [1.165, 1.54) is 13.1 Å². The number of anilines is 1. The van der Waals surface area contributed by atoms with Crippen molar-refractivity contribution in [3.8, 4) is 17.4 Å². The highest BCUT2D eigenvalue weighted by molar-refractivity contribution is 6.30. The SMILES string of the molecule is COc1ccc(C(CC(=O)Nc2ccc(Oc3ccc(Cl)cc3)nc2)NC(C)=O)cc1. The fraction of sp³-hybridized carbons (Fsp3) is 0.174. The van der Waals surface area contributed by atoms with Gasteiger partial charge in [0.05, 0.1) is 31.5 Å². The summed E-state index contributed by atoms with van der Waals surface area (Å²) in [4.78, 5) is 28.3. The van der Waals surface area contributed by atoms with Gasteiger partial charge in [-0.25, -0.2) is 4.98 Å². The van der Waals surface area contributed by atoms with Crippen LogP contribution in [-0.2, 0) is 9.59 Å². The number of methoxy groups -OCH3 is 1. The molecule has 0 fully saturated rings. The number of carbonyl (C=O) groups excluding carboxylic acids is 2. The molecule has 0 spiro atoms. The highest BCUT2D eigenvalue weighted by Crippen LogP contribution is 2.23. The van der Waals surface area contributed by atoms with E-state index in [2.05, 4.69) is 15.6 Å². The van der Waals surface area contributed by atoms with E-state index in [1.54, 1.807) is 55.6 Å². The molecule has 0 saturated carbocycles. The molecule has 1 unspecified atom stereocenters. The van der Waals surface area contributed by atoms with Gasteiger partial charge in [-0.15, -0.1) is 0 Å². The number of hydrogen-bond acceptors (Lipinski definition) is 5. The number of pyridine rings is 1. The second-order valence-corrected chi connectivity index (χ2v) is 7.16. The number of halogens is 1. The molecule has 0 bridgehead atoms. The first kappa shape index (κ1) is 22.1. The van der Waals surface area contributed by atoms with Crippen LogP contribution < -0.4 is 20.1 Å². The molecule has 0 saturated heterocycles. The first-order chi connectivity index (χ1) is 14.9. The van der Waals surface area contributed by atoms with Crippen LogP contribution >= 0.6 is 11.6 Å². The molecular formula is C23H22ClN3O4. The van der Waals surface area contributed by atoms with Crippen LogP contribution in [0.3, 0.4) is 0 Å². The number of rotatable bonds is 8. The minimum Gasteiger partial charge on any atom is -0.497 e. The molecule has 160 valence electrons. The molecule has 2 aromatic carbocycles. The number of carbonyl (C=O) groups is 2. The van der Waals surface area contributed by atoms with E-state index < -0.39 is 6.04 Å². The molecule has 3 aromatic rings. The van der Waals surface area contributed by atoms with Crippen LogP contribution in [0.5, 0.6) is 17.4 Å². The van der Waals surface area contributed by atoms with Crippen molar-refractivity contribution in [2.45, 2.75) is 19.4 Å². The number of nitrogens with zero attached hydrogens (tertiary/aromatic N) is 1. The lowest BCUT2D eigenvalue weighted by Crippen LogP contribution is -2.29. The fourth-order valence-corrected chi connectivity index (χ4v) is 3.00. The van der Waals surface area contributed by atoms with Crippen LogP contribution in [0.2, 0.25) is 5.02 Å². The van der Waals surface area contributed by atoms with Crippen molar-refractivity contribution in [3.63, 3.8) is 0 Å². The fourth-order valence-electron chi connectivity index (χ4n) is 2.87. The molecule has 1 atom stereocenters. The molecule has 1 heterocycles. The summed E-state index contributed by atoms with van der Waals surface area (Å²) in [5.41, 5.74) is 1.32. The summed E-state index contributed by atoms with van der Waals surface area (Å²) in [5.74, 6) is 1.20. The lowest BCUT2D eigenvalue weighted by atomic mass is 10.0. The quantitative estimate of drug-likeness (QED) is 0.529. The molecule has 1 aromatic heterocycles. The van der Waals surface area contributed by atoms with Gasteiger partial charge in [0.1, 0.15) is 11.5 Å². The minimum atomic E-state index is -0.469. The molecule has 0 aliphatic heterocycles. The van der Waals surface area contributed by atoms with Gasteiger partial charge in [-0.2, -0.15) is 0 Å². The Kier molecular flexibility index (Phi) is 7.45. The summed E-state index contributed by atoms with van der Waals surface area (Å²) >= 11 is 5.86. The Bertz CT molecular complexity index is 1020. The van der Waals surface area contributed by atoms with Crippen LogP contribution in [0.1, 0.15) is 24.9 Å². The molecule has 2 amide bonds. The molecular weight excluding hydrogens is 418 g/mol. The Morgan fingerprint density at radius 2 is 1.68 bits per heavy atom. The third-order valence-electron chi connectivity index (χ3n) is 4.34. The largest absolute Gasteiger partial charge is 0.497 e.